The highest BCUT2D eigenvalue weighted by molar-refractivity contribution is 5.76. The zero-order valence-corrected chi connectivity index (χ0v) is 12.1. The molecule has 0 bridgehead atoms. The summed E-state index contributed by atoms with van der Waals surface area (Å²) in [4.78, 5) is 13.8. The largest absolute Gasteiger partial charge is 0.399 e. The summed E-state index contributed by atoms with van der Waals surface area (Å²) in [6.45, 7) is 5.30. The Balaban J connectivity index is 2.51. The Morgan fingerprint density at radius 1 is 1.47 bits per heavy atom. The van der Waals surface area contributed by atoms with Crippen LogP contribution in [0.5, 0.6) is 0 Å². The number of hydrogen-bond donors (Lipinski definition) is 1. The first kappa shape index (κ1) is 15.5. The van der Waals surface area contributed by atoms with Crippen LogP contribution in [-0.4, -0.2) is 31.1 Å². The van der Waals surface area contributed by atoms with E-state index >= 15 is 0 Å². The molecule has 0 spiro atoms. The molecule has 0 saturated carbocycles. The van der Waals surface area contributed by atoms with Gasteiger partial charge in [0.2, 0.25) is 5.91 Å². The maximum absolute atomic E-state index is 12.0. The maximum atomic E-state index is 12.0. The highest BCUT2D eigenvalue weighted by Crippen LogP contribution is 2.21. The first-order chi connectivity index (χ1) is 9.06. The van der Waals surface area contributed by atoms with Gasteiger partial charge >= 0.3 is 0 Å². The van der Waals surface area contributed by atoms with Gasteiger partial charge in [-0.05, 0) is 38.0 Å². The van der Waals surface area contributed by atoms with E-state index in [9.17, 15) is 4.79 Å². The molecule has 0 heterocycles. The van der Waals surface area contributed by atoms with E-state index in [0.29, 0.717) is 19.6 Å². The van der Waals surface area contributed by atoms with Gasteiger partial charge in [0.05, 0.1) is 6.04 Å². The van der Waals surface area contributed by atoms with E-state index < -0.39 is 0 Å². The summed E-state index contributed by atoms with van der Waals surface area (Å²) in [5, 5.41) is 0. The number of anilines is 1. The molecular formula is C15H24N2O2. The summed E-state index contributed by atoms with van der Waals surface area (Å²) >= 11 is 0. The molecule has 4 heteroatoms. The molecule has 0 aromatic heterocycles. The predicted molar refractivity (Wildman–Crippen MR) is 77.8 cm³/mol. The van der Waals surface area contributed by atoms with Crippen molar-refractivity contribution in [1.82, 2.24) is 4.90 Å². The van der Waals surface area contributed by atoms with E-state index in [4.69, 9.17) is 10.5 Å². The molecule has 0 aliphatic heterocycles. The maximum Gasteiger partial charge on any atom is 0.222 e. The summed E-state index contributed by atoms with van der Waals surface area (Å²) in [6, 6.07) is 7.69. The monoisotopic (exact) mass is 264 g/mol. The summed E-state index contributed by atoms with van der Waals surface area (Å²) in [7, 11) is 1.83. The van der Waals surface area contributed by atoms with Gasteiger partial charge in [-0.1, -0.05) is 12.1 Å². The Labute approximate surface area is 115 Å². The van der Waals surface area contributed by atoms with E-state index in [1.54, 1.807) is 4.90 Å². The van der Waals surface area contributed by atoms with E-state index in [1.165, 1.54) is 0 Å². The van der Waals surface area contributed by atoms with E-state index in [0.717, 1.165) is 17.7 Å². The first-order valence-corrected chi connectivity index (χ1v) is 6.75. The van der Waals surface area contributed by atoms with Gasteiger partial charge in [-0.3, -0.25) is 4.79 Å². The molecule has 1 aromatic carbocycles. The zero-order valence-electron chi connectivity index (χ0n) is 12.1. The minimum Gasteiger partial charge on any atom is -0.399 e. The third kappa shape index (κ3) is 4.91. The normalized spacial score (nSPS) is 12.2. The van der Waals surface area contributed by atoms with Crippen molar-refractivity contribution in [2.75, 3.05) is 26.0 Å². The number of nitrogens with two attached hydrogens (primary N) is 1. The fourth-order valence-corrected chi connectivity index (χ4v) is 1.90. The van der Waals surface area contributed by atoms with Gasteiger partial charge in [-0.25, -0.2) is 0 Å². The molecule has 0 radical (unpaired) electrons. The Morgan fingerprint density at radius 2 is 2.21 bits per heavy atom. The lowest BCUT2D eigenvalue weighted by atomic mass is 10.1. The zero-order chi connectivity index (χ0) is 14.3. The van der Waals surface area contributed by atoms with Crippen molar-refractivity contribution in [3.05, 3.63) is 29.8 Å². The number of rotatable bonds is 7. The van der Waals surface area contributed by atoms with Crippen LogP contribution in [0.4, 0.5) is 5.69 Å². The second-order valence-electron chi connectivity index (χ2n) is 4.65. The second kappa shape index (κ2) is 7.79. The minimum atomic E-state index is 0.0306. The summed E-state index contributed by atoms with van der Waals surface area (Å²) < 4.78 is 5.24. The molecule has 1 amide bonds. The molecule has 4 nitrogen and oxygen atoms in total. The minimum absolute atomic E-state index is 0.0306. The van der Waals surface area contributed by atoms with Gasteiger partial charge < -0.3 is 15.4 Å². The van der Waals surface area contributed by atoms with Crippen molar-refractivity contribution in [2.45, 2.75) is 32.7 Å². The van der Waals surface area contributed by atoms with Crippen molar-refractivity contribution in [3.63, 3.8) is 0 Å². The molecule has 1 aromatic rings. The molecular weight excluding hydrogens is 240 g/mol. The van der Waals surface area contributed by atoms with Gasteiger partial charge in [0.15, 0.2) is 0 Å². The predicted octanol–water partition coefficient (Wildman–Crippen LogP) is 2.60. The Hall–Kier alpha value is -1.55. The molecule has 2 N–H and O–H groups in total. The van der Waals surface area contributed by atoms with Crippen LogP contribution in [0.1, 0.15) is 38.3 Å². The second-order valence-corrected chi connectivity index (χ2v) is 4.65. The molecule has 0 aliphatic rings. The van der Waals surface area contributed by atoms with E-state index in [2.05, 4.69) is 0 Å². The highest BCUT2D eigenvalue weighted by atomic mass is 16.5. The third-order valence-corrected chi connectivity index (χ3v) is 3.25. The van der Waals surface area contributed by atoms with E-state index in [-0.39, 0.29) is 11.9 Å². The van der Waals surface area contributed by atoms with Crippen molar-refractivity contribution in [1.29, 1.82) is 0 Å². The molecule has 0 fully saturated rings. The van der Waals surface area contributed by atoms with Crippen LogP contribution < -0.4 is 5.73 Å². The summed E-state index contributed by atoms with van der Waals surface area (Å²) in [6.07, 6.45) is 1.28. The Bertz CT molecular complexity index is 407. The lowest BCUT2D eigenvalue weighted by Crippen LogP contribution is -2.29. The smallest absolute Gasteiger partial charge is 0.222 e. The van der Waals surface area contributed by atoms with Crippen LogP contribution in [0.3, 0.4) is 0 Å². The quantitative estimate of drug-likeness (QED) is 0.608. The van der Waals surface area contributed by atoms with Crippen LogP contribution in [0.15, 0.2) is 24.3 Å². The highest BCUT2D eigenvalue weighted by Gasteiger charge is 2.16. The number of carbonyl (C=O) groups is 1. The van der Waals surface area contributed by atoms with Crippen molar-refractivity contribution >= 4 is 11.6 Å². The number of nitrogens with zero attached hydrogens (tertiary/aromatic N) is 1. The third-order valence-electron chi connectivity index (χ3n) is 3.25. The summed E-state index contributed by atoms with van der Waals surface area (Å²) in [5.41, 5.74) is 7.55. The summed E-state index contributed by atoms with van der Waals surface area (Å²) in [5.74, 6) is 0.134. The van der Waals surface area contributed by atoms with Crippen LogP contribution in [0.2, 0.25) is 0 Å². The molecule has 1 unspecified atom stereocenters. The number of carbonyl (C=O) groups excluding carboxylic acids is 1. The van der Waals surface area contributed by atoms with Crippen LogP contribution >= 0.6 is 0 Å². The van der Waals surface area contributed by atoms with Crippen molar-refractivity contribution < 1.29 is 9.53 Å². The van der Waals surface area contributed by atoms with Crippen molar-refractivity contribution in [3.8, 4) is 0 Å². The molecule has 1 rings (SSSR count). The number of hydrogen-bond acceptors (Lipinski definition) is 3. The van der Waals surface area contributed by atoms with Crippen LogP contribution in [0.25, 0.3) is 0 Å². The number of ether oxygens (including phenoxy) is 1. The average molecular weight is 264 g/mol. The lowest BCUT2D eigenvalue weighted by molar-refractivity contribution is -0.132. The molecule has 106 valence electrons. The lowest BCUT2D eigenvalue weighted by Gasteiger charge is -2.25. The van der Waals surface area contributed by atoms with E-state index in [1.807, 2.05) is 45.2 Å². The molecule has 0 aliphatic carbocycles. The molecule has 0 saturated heterocycles. The van der Waals surface area contributed by atoms with Crippen molar-refractivity contribution in [2.24, 2.45) is 0 Å². The first-order valence-electron chi connectivity index (χ1n) is 6.75. The standard InChI is InChI=1S/C15H24N2O2/c1-4-19-10-6-9-15(18)17(3)12(2)13-7-5-8-14(16)11-13/h5,7-8,11-12H,4,6,9-10,16H2,1-3H3. The van der Waals surface area contributed by atoms with Crippen LogP contribution in [0, 0.1) is 0 Å². The Morgan fingerprint density at radius 3 is 2.84 bits per heavy atom. The van der Waals surface area contributed by atoms with Crippen LogP contribution in [-0.2, 0) is 9.53 Å². The fraction of sp³-hybridized carbons (Fsp3) is 0.533. The van der Waals surface area contributed by atoms with Gasteiger partial charge in [0.1, 0.15) is 0 Å². The van der Waals surface area contributed by atoms with Gasteiger partial charge in [0.25, 0.3) is 0 Å². The SMILES string of the molecule is CCOCCCC(=O)N(C)C(C)c1cccc(N)c1. The Kier molecular flexibility index (Phi) is 6.36. The number of amides is 1. The fourth-order valence-electron chi connectivity index (χ4n) is 1.90. The molecule has 1 atom stereocenters. The van der Waals surface area contributed by atoms with Gasteiger partial charge in [0, 0.05) is 32.4 Å². The number of nitrogen functional groups attached to an aromatic ring is 1. The molecule has 19 heavy (non-hydrogen) atoms. The van der Waals surface area contributed by atoms with Gasteiger partial charge in [-0.15, -0.1) is 0 Å². The topological polar surface area (TPSA) is 55.6 Å². The van der Waals surface area contributed by atoms with Gasteiger partial charge in [-0.2, -0.15) is 0 Å². The number of benzene rings is 1. The average Bonchev–Trinajstić information content (AvgIpc) is 2.41.